The molecule has 3 aromatic rings. The summed E-state index contributed by atoms with van der Waals surface area (Å²) in [4.78, 5) is 26.1. The Morgan fingerprint density at radius 3 is 2.82 bits per heavy atom. The second-order valence-electron chi connectivity index (χ2n) is 6.05. The quantitative estimate of drug-likeness (QED) is 0.225. The van der Waals surface area contributed by atoms with E-state index >= 15 is 0 Å². The first-order valence-electron chi connectivity index (χ1n) is 9.04. The van der Waals surface area contributed by atoms with Crippen molar-refractivity contribution in [2.45, 2.75) is 31.0 Å². The van der Waals surface area contributed by atoms with Crippen molar-refractivity contribution in [2.24, 2.45) is 0 Å². The molecule has 3 aromatic heterocycles. The van der Waals surface area contributed by atoms with Gasteiger partial charge in [0.2, 0.25) is 5.88 Å². The van der Waals surface area contributed by atoms with Crippen molar-refractivity contribution in [3.8, 4) is 11.7 Å². The van der Waals surface area contributed by atoms with Crippen LogP contribution in [0.1, 0.15) is 19.3 Å². The Balaban J connectivity index is 2.01. The zero-order chi connectivity index (χ0) is 19.9. The zero-order valence-electron chi connectivity index (χ0n) is 15.9. The summed E-state index contributed by atoms with van der Waals surface area (Å²) in [6.45, 7) is 8.38. The molecule has 0 aliphatic rings. The maximum absolute atomic E-state index is 12.8. The molecule has 0 aliphatic carbocycles. The summed E-state index contributed by atoms with van der Waals surface area (Å²) in [5.74, 6) is 1.07. The van der Waals surface area contributed by atoms with E-state index in [1.165, 1.54) is 11.8 Å². The predicted molar refractivity (Wildman–Crippen MR) is 112 cm³/mol. The van der Waals surface area contributed by atoms with Gasteiger partial charge in [0.1, 0.15) is 5.39 Å². The van der Waals surface area contributed by atoms with Crippen LogP contribution in [0.3, 0.4) is 0 Å². The summed E-state index contributed by atoms with van der Waals surface area (Å²) in [6.07, 6.45) is 9.95. The Kier molecular flexibility index (Phi) is 6.65. The van der Waals surface area contributed by atoms with Crippen molar-refractivity contribution < 1.29 is 4.74 Å². The molecule has 28 heavy (non-hydrogen) atoms. The fourth-order valence-electron chi connectivity index (χ4n) is 2.80. The SMILES string of the molecule is C=CCCCCOc1cccc(-n2c3nc(SC)ncc3c(=O)n2CC=C)n1. The Hall–Kier alpha value is -2.87. The lowest BCUT2D eigenvalue weighted by Crippen LogP contribution is -2.22. The molecule has 7 nitrogen and oxygen atoms in total. The minimum Gasteiger partial charge on any atom is -0.478 e. The summed E-state index contributed by atoms with van der Waals surface area (Å²) >= 11 is 1.42. The van der Waals surface area contributed by atoms with Gasteiger partial charge in [0.25, 0.3) is 5.56 Å². The van der Waals surface area contributed by atoms with Crippen molar-refractivity contribution in [3.63, 3.8) is 0 Å². The fourth-order valence-corrected chi connectivity index (χ4v) is 3.14. The Morgan fingerprint density at radius 2 is 2.07 bits per heavy atom. The van der Waals surface area contributed by atoms with Crippen molar-refractivity contribution in [1.82, 2.24) is 24.3 Å². The van der Waals surface area contributed by atoms with E-state index in [0.717, 1.165) is 19.3 Å². The Bertz CT molecular complexity index is 1040. The number of nitrogens with zero attached hydrogens (tertiary/aromatic N) is 5. The van der Waals surface area contributed by atoms with Crippen LogP contribution < -0.4 is 10.3 Å². The first-order valence-corrected chi connectivity index (χ1v) is 10.3. The van der Waals surface area contributed by atoms with Gasteiger partial charge >= 0.3 is 0 Å². The third-order valence-electron chi connectivity index (χ3n) is 4.12. The van der Waals surface area contributed by atoms with Crippen LogP contribution in [0.2, 0.25) is 0 Å². The van der Waals surface area contributed by atoms with E-state index in [9.17, 15) is 4.79 Å². The van der Waals surface area contributed by atoms with Crippen LogP contribution >= 0.6 is 11.8 Å². The molecule has 0 atom stereocenters. The van der Waals surface area contributed by atoms with Gasteiger partial charge in [-0.25, -0.2) is 19.3 Å². The van der Waals surface area contributed by atoms with Crippen LogP contribution in [0.5, 0.6) is 5.88 Å². The molecule has 0 amide bonds. The van der Waals surface area contributed by atoms with Crippen molar-refractivity contribution in [3.05, 3.63) is 60.1 Å². The molecule has 3 rings (SSSR count). The number of hydrogen-bond acceptors (Lipinski definition) is 6. The van der Waals surface area contributed by atoms with Crippen LogP contribution in [-0.2, 0) is 6.54 Å². The normalized spacial score (nSPS) is 10.9. The van der Waals surface area contributed by atoms with Gasteiger partial charge in [0.15, 0.2) is 16.6 Å². The number of ether oxygens (including phenoxy) is 1. The first-order chi connectivity index (χ1) is 13.7. The van der Waals surface area contributed by atoms with Crippen LogP contribution in [0.15, 0.2) is 59.7 Å². The molecule has 0 N–H and O–H groups in total. The highest BCUT2D eigenvalue weighted by Gasteiger charge is 2.17. The molecule has 8 heteroatoms. The topological polar surface area (TPSA) is 74.8 Å². The number of hydrogen-bond donors (Lipinski definition) is 0. The predicted octanol–water partition coefficient (Wildman–Crippen LogP) is 3.62. The van der Waals surface area contributed by atoms with E-state index in [4.69, 9.17) is 4.74 Å². The molecule has 0 saturated heterocycles. The Morgan fingerprint density at radius 1 is 1.21 bits per heavy atom. The summed E-state index contributed by atoms with van der Waals surface area (Å²) in [6, 6.07) is 5.48. The van der Waals surface area contributed by atoms with Crippen molar-refractivity contribution >= 4 is 22.8 Å². The molecule has 0 aromatic carbocycles. The van der Waals surface area contributed by atoms with Gasteiger partial charge in [-0.3, -0.25) is 4.79 Å². The molecular weight excluding hydrogens is 374 g/mol. The molecule has 0 aliphatic heterocycles. The number of unbranched alkanes of at least 4 members (excludes halogenated alkanes) is 2. The molecule has 0 unspecified atom stereocenters. The molecule has 3 heterocycles. The highest BCUT2D eigenvalue weighted by Crippen LogP contribution is 2.19. The van der Waals surface area contributed by atoms with Crippen LogP contribution in [0.25, 0.3) is 16.9 Å². The van der Waals surface area contributed by atoms with Gasteiger partial charge in [0.05, 0.1) is 13.2 Å². The van der Waals surface area contributed by atoms with Gasteiger partial charge in [-0.15, -0.1) is 13.2 Å². The van der Waals surface area contributed by atoms with E-state index in [1.807, 2.05) is 24.5 Å². The fraction of sp³-hybridized carbons (Fsp3) is 0.300. The minimum atomic E-state index is -0.180. The molecule has 0 saturated carbocycles. The lowest BCUT2D eigenvalue weighted by molar-refractivity contribution is 0.295. The van der Waals surface area contributed by atoms with Gasteiger partial charge in [-0.05, 0) is 31.6 Å². The third-order valence-corrected chi connectivity index (χ3v) is 4.68. The highest BCUT2D eigenvalue weighted by molar-refractivity contribution is 7.98. The molecule has 0 radical (unpaired) electrons. The largest absolute Gasteiger partial charge is 0.478 e. The summed E-state index contributed by atoms with van der Waals surface area (Å²) < 4.78 is 9.02. The van der Waals surface area contributed by atoms with Crippen molar-refractivity contribution in [1.29, 1.82) is 0 Å². The lowest BCUT2D eigenvalue weighted by atomic mass is 10.2. The first kappa shape index (κ1) is 19.9. The van der Waals surface area contributed by atoms with Crippen LogP contribution in [0.4, 0.5) is 0 Å². The number of aromatic nitrogens is 5. The smallest absolute Gasteiger partial charge is 0.278 e. The van der Waals surface area contributed by atoms with Crippen LogP contribution in [-0.4, -0.2) is 37.2 Å². The number of pyridine rings is 1. The van der Waals surface area contributed by atoms with E-state index in [2.05, 4.69) is 28.1 Å². The average Bonchev–Trinajstić information content (AvgIpc) is 2.99. The summed E-state index contributed by atoms with van der Waals surface area (Å²) in [7, 11) is 0. The van der Waals surface area contributed by atoms with Gasteiger partial charge in [0, 0.05) is 12.3 Å². The molecular formula is C20H23N5O2S. The number of rotatable bonds is 10. The van der Waals surface area contributed by atoms with E-state index in [0.29, 0.717) is 41.0 Å². The third kappa shape index (κ3) is 4.17. The molecule has 0 bridgehead atoms. The van der Waals surface area contributed by atoms with Gasteiger partial charge in [-0.1, -0.05) is 30.0 Å². The average molecular weight is 398 g/mol. The molecule has 0 fully saturated rings. The molecule has 0 spiro atoms. The monoisotopic (exact) mass is 397 g/mol. The number of fused-ring (bicyclic) bond motifs is 1. The van der Waals surface area contributed by atoms with E-state index in [-0.39, 0.29) is 5.56 Å². The standard InChI is InChI=1S/C20H23N5O2S/c1-4-6-7-8-13-27-17-11-9-10-16(22-17)25-18-15(14-21-20(23-18)28-3)19(26)24(25)12-5-2/h4-5,9-11,14H,1-2,6-8,12-13H2,3H3. The second-order valence-corrected chi connectivity index (χ2v) is 6.82. The summed E-state index contributed by atoms with van der Waals surface area (Å²) in [5, 5.41) is 1.03. The Labute approximate surface area is 167 Å². The van der Waals surface area contributed by atoms with Gasteiger partial charge < -0.3 is 4.74 Å². The number of thioether (sulfide) groups is 1. The van der Waals surface area contributed by atoms with Crippen LogP contribution in [0, 0.1) is 0 Å². The number of allylic oxidation sites excluding steroid dienone is 2. The van der Waals surface area contributed by atoms with Crippen molar-refractivity contribution in [2.75, 3.05) is 12.9 Å². The zero-order valence-corrected chi connectivity index (χ0v) is 16.7. The van der Waals surface area contributed by atoms with E-state index in [1.54, 1.807) is 27.7 Å². The maximum Gasteiger partial charge on any atom is 0.278 e. The second kappa shape index (κ2) is 9.36. The summed E-state index contributed by atoms with van der Waals surface area (Å²) in [5.41, 5.74) is 0.335. The minimum absolute atomic E-state index is 0.180. The highest BCUT2D eigenvalue weighted by atomic mass is 32.2. The van der Waals surface area contributed by atoms with E-state index < -0.39 is 0 Å². The van der Waals surface area contributed by atoms with Gasteiger partial charge in [-0.2, -0.15) is 4.98 Å². The lowest BCUT2D eigenvalue weighted by Gasteiger charge is -2.11. The maximum atomic E-state index is 12.8. The molecule has 146 valence electrons.